The zero-order valence-electron chi connectivity index (χ0n) is 11.5. The van der Waals surface area contributed by atoms with Gasteiger partial charge in [0.15, 0.2) is 0 Å². The highest BCUT2D eigenvalue weighted by Crippen LogP contribution is 2.23. The molecule has 21 heavy (non-hydrogen) atoms. The van der Waals surface area contributed by atoms with Crippen LogP contribution in [-0.2, 0) is 11.3 Å². The Kier molecular flexibility index (Phi) is 4.55. The number of hydrogen-bond donors (Lipinski definition) is 1. The largest absolute Gasteiger partial charge is 0.444 e. The quantitative estimate of drug-likeness (QED) is 0.938. The van der Waals surface area contributed by atoms with Crippen LogP contribution in [0.25, 0.3) is 11.5 Å². The van der Waals surface area contributed by atoms with Gasteiger partial charge in [-0.25, -0.2) is 4.98 Å². The highest BCUT2D eigenvalue weighted by atomic mass is 35.5. The van der Waals surface area contributed by atoms with Crippen LogP contribution in [0.15, 0.2) is 34.9 Å². The molecule has 1 aromatic carbocycles. The molecule has 0 radical (unpaired) electrons. The monoisotopic (exact) mass is 308 g/mol. The lowest BCUT2D eigenvalue weighted by molar-refractivity contribution is -0.0317. The highest BCUT2D eigenvalue weighted by Gasteiger charge is 2.23. The summed E-state index contributed by atoms with van der Waals surface area (Å²) in [5, 5.41) is 10.0. The molecule has 0 amide bonds. The van der Waals surface area contributed by atoms with E-state index in [1.54, 1.807) is 6.26 Å². The van der Waals surface area contributed by atoms with Crippen molar-refractivity contribution in [3.05, 3.63) is 41.2 Å². The lowest BCUT2D eigenvalue weighted by Crippen LogP contribution is -2.46. The molecule has 0 bridgehead atoms. The molecular weight excluding hydrogens is 292 g/mol. The average Bonchev–Trinajstić information content (AvgIpc) is 2.96. The maximum atomic E-state index is 9.37. The first-order chi connectivity index (χ1) is 10.3. The van der Waals surface area contributed by atoms with Gasteiger partial charge < -0.3 is 14.3 Å². The first kappa shape index (κ1) is 14.5. The average molecular weight is 309 g/mol. The van der Waals surface area contributed by atoms with Gasteiger partial charge in [-0.05, 0) is 18.2 Å². The topological polar surface area (TPSA) is 58.7 Å². The number of rotatable bonds is 4. The van der Waals surface area contributed by atoms with Gasteiger partial charge in [0.25, 0.3) is 0 Å². The Morgan fingerprint density at radius 1 is 1.43 bits per heavy atom. The molecule has 6 heteroatoms. The van der Waals surface area contributed by atoms with Crippen molar-refractivity contribution in [1.29, 1.82) is 0 Å². The third-order valence-corrected chi connectivity index (χ3v) is 3.78. The molecule has 1 atom stereocenters. The molecule has 1 aromatic heterocycles. The molecule has 1 fully saturated rings. The van der Waals surface area contributed by atoms with Crippen molar-refractivity contribution < 1.29 is 14.3 Å². The van der Waals surface area contributed by atoms with Gasteiger partial charge in [0, 0.05) is 23.7 Å². The Labute approximate surface area is 128 Å². The summed E-state index contributed by atoms with van der Waals surface area (Å²) in [4.78, 5) is 6.65. The van der Waals surface area contributed by atoms with Crippen molar-refractivity contribution in [3.63, 3.8) is 0 Å². The minimum absolute atomic E-state index is 0.0186. The number of aliphatic hydroxyl groups is 1. The summed E-state index contributed by atoms with van der Waals surface area (Å²) in [6, 6.07) is 7.43. The van der Waals surface area contributed by atoms with Crippen molar-refractivity contribution in [2.24, 2.45) is 0 Å². The standard InChI is InChI=1S/C15H17ClN2O3/c16-12-3-1-2-11(6-12)15-17-13(9-21-15)7-18-4-5-20-10-14(18)8-19/h1-3,6,9,14,19H,4-5,7-8,10H2. The van der Waals surface area contributed by atoms with Crippen molar-refractivity contribution in [2.45, 2.75) is 12.6 Å². The Morgan fingerprint density at radius 3 is 3.14 bits per heavy atom. The van der Waals surface area contributed by atoms with E-state index in [-0.39, 0.29) is 12.6 Å². The van der Waals surface area contributed by atoms with E-state index in [9.17, 15) is 5.11 Å². The summed E-state index contributed by atoms with van der Waals surface area (Å²) >= 11 is 5.98. The van der Waals surface area contributed by atoms with E-state index in [0.29, 0.717) is 30.7 Å². The van der Waals surface area contributed by atoms with Crippen LogP contribution in [0.1, 0.15) is 5.69 Å². The van der Waals surface area contributed by atoms with Gasteiger partial charge in [-0.15, -0.1) is 0 Å². The van der Waals surface area contributed by atoms with Gasteiger partial charge in [0.1, 0.15) is 6.26 Å². The molecule has 0 spiro atoms. The fourth-order valence-electron chi connectivity index (χ4n) is 2.41. The molecule has 1 aliphatic rings. The molecule has 1 saturated heterocycles. The summed E-state index contributed by atoms with van der Waals surface area (Å²) in [5.74, 6) is 0.557. The number of benzene rings is 1. The smallest absolute Gasteiger partial charge is 0.226 e. The van der Waals surface area contributed by atoms with Crippen molar-refractivity contribution in [3.8, 4) is 11.5 Å². The molecule has 1 unspecified atom stereocenters. The molecule has 5 nitrogen and oxygen atoms in total. The molecule has 3 rings (SSSR count). The van der Waals surface area contributed by atoms with Gasteiger partial charge >= 0.3 is 0 Å². The van der Waals surface area contributed by atoms with Crippen LogP contribution in [0.4, 0.5) is 0 Å². The predicted molar refractivity (Wildman–Crippen MR) is 79.1 cm³/mol. The van der Waals surface area contributed by atoms with Crippen molar-refractivity contribution in [1.82, 2.24) is 9.88 Å². The maximum absolute atomic E-state index is 9.37. The lowest BCUT2D eigenvalue weighted by atomic mass is 10.2. The van der Waals surface area contributed by atoms with Gasteiger partial charge in [0.05, 0.1) is 31.6 Å². The molecule has 1 N–H and O–H groups in total. The SMILES string of the molecule is OCC1COCCN1Cc1coc(-c2cccc(Cl)c2)n1. The Balaban J connectivity index is 1.73. The number of aromatic nitrogens is 1. The van der Waals surface area contributed by atoms with E-state index in [0.717, 1.165) is 17.8 Å². The van der Waals surface area contributed by atoms with E-state index in [1.165, 1.54) is 0 Å². The first-order valence-corrected chi connectivity index (χ1v) is 7.27. The van der Waals surface area contributed by atoms with E-state index >= 15 is 0 Å². The van der Waals surface area contributed by atoms with E-state index in [4.69, 9.17) is 20.8 Å². The Hall–Kier alpha value is -1.40. The van der Waals surface area contributed by atoms with Crippen LogP contribution in [0, 0.1) is 0 Å². The lowest BCUT2D eigenvalue weighted by Gasteiger charge is -2.33. The van der Waals surface area contributed by atoms with E-state index < -0.39 is 0 Å². The van der Waals surface area contributed by atoms with Gasteiger partial charge in [-0.2, -0.15) is 0 Å². The van der Waals surface area contributed by atoms with E-state index in [2.05, 4.69) is 9.88 Å². The number of aliphatic hydroxyl groups excluding tert-OH is 1. The van der Waals surface area contributed by atoms with Crippen LogP contribution in [0.2, 0.25) is 5.02 Å². The fourth-order valence-corrected chi connectivity index (χ4v) is 2.60. The van der Waals surface area contributed by atoms with Crippen LogP contribution >= 0.6 is 11.6 Å². The first-order valence-electron chi connectivity index (χ1n) is 6.89. The van der Waals surface area contributed by atoms with Crippen molar-refractivity contribution >= 4 is 11.6 Å². The van der Waals surface area contributed by atoms with Crippen LogP contribution in [-0.4, -0.2) is 47.4 Å². The fraction of sp³-hybridized carbons (Fsp3) is 0.400. The zero-order chi connectivity index (χ0) is 14.7. The minimum Gasteiger partial charge on any atom is -0.444 e. The molecule has 112 valence electrons. The Bertz CT molecular complexity index is 602. The number of nitrogens with zero attached hydrogens (tertiary/aromatic N) is 2. The van der Waals surface area contributed by atoms with Crippen LogP contribution in [0.3, 0.4) is 0 Å². The predicted octanol–water partition coefficient (Wildman–Crippen LogP) is 2.19. The number of oxazole rings is 1. The third kappa shape index (κ3) is 3.44. The second kappa shape index (κ2) is 6.58. The molecule has 2 aromatic rings. The van der Waals surface area contributed by atoms with Gasteiger partial charge in [-0.1, -0.05) is 17.7 Å². The maximum Gasteiger partial charge on any atom is 0.226 e. The summed E-state index contributed by atoms with van der Waals surface area (Å²) in [5.41, 5.74) is 1.69. The molecular formula is C15H17ClN2O3. The molecule has 0 saturated carbocycles. The summed E-state index contributed by atoms with van der Waals surface area (Å²) in [6.07, 6.45) is 1.65. The van der Waals surface area contributed by atoms with Gasteiger partial charge in [0.2, 0.25) is 5.89 Å². The second-order valence-electron chi connectivity index (χ2n) is 5.04. The van der Waals surface area contributed by atoms with Crippen LogP contribution < -0.4 is 0 Å². The highest BCUT2D eigenvalue weighted by molar-refractivity contribution is 6.30. The number of morpholine rings is 1. The summed E-state index contributed by atoms with van der Waals surface area (Å²) in [6.45, 7) is 2.73. The third-order valence-electron chi connectivity index (χ3n) is 3.55. The second-order valence-corrected chi connectivity index (χ2v) is 5.47. The minimum atomic E-state index is 0.0186. The van der Waals surface area contributed by atoms with Crippen LogP contribution in [0.5, 0.6) is 0 Å². The molecule has 2 heterocycles. The molecule has 1 aliphatic heterocycles. The zero-order valence-corrected chi connectivity index (χ0v) is 12.3. The van der Waals surface area contributed by atoms with Crippen molar-refractivity contribution in [2.75, 3.05) is 26.4 Å². The Morgan fingerprint density at radius 2 is 2.33 bits per heavy atom. The number of ether oxygens (including phenoxy) is 1. The molecule has 0 aliphatic carbocycles. The summed E-state index contributed by atoms with van der Waals surface area (Å²) < 4.78 is 10.9. The van der Waals surface area contributed by atoms with E-state index in [1.807, 2.05) is 24.3 Å². The number of hydrogen-bond acceptors (Lipinski definition) is 5. The van der Waals surface area contributed by atoms with Gasteiger partial charge in [-0.3, -0.25) is 4.90 Å². The normalized spacial score (nSPS) is 19.8. The summed E-state index contributed by atoms with van der Waals surface area (Å²) in [7, 11) is 0. The number of halogens is 1.